The van der Waals surface area contributed by atoms with Gasteiger partial charge in [-0.2, -0.15) is 0 Å². The molecule has 5 heteroatoms. The van der Waals surface area contributed by atoms with Crippen molar-refractivity contribution in [1.29, 1.82) is 0 Å². The van der Waals surface area contributed by atoms with E-state index in [0.29, 0.717) is 19.6 Å². The highest BCUT2D eigenvalue weighted by atomic mass is 16.5. The molecule has 0 aromatic rings. The lowest BCUT2D eigenvalue weighted by molar-refractivity contribution is -0.127. The topological polar surface area (TPSA) is 73.6 Å². The maximum atomic E-state index is 12.1. The zero-order valence-electron chi connectivity index (χ0n) is 13.1. The van der Waals surface area contributed by atoms with Crippen LogP contribution in [0.25, 0.3) is 0 Å². The van der Waals surface area contributed by atoms with Crippen LogP contribution in [0.4, 0.5) is 0 Å². The van der Waals surface area contributed by atoms with Crippen molar-refractivity contribution in [1.82, 2.24) is 5.32 Å². The molecular formula is C15H30N2O3. The van der Waals surface area contributed by atoms with Gasteiger partial charge in [-0.15, -0.1) is 0 Å². The molecule has 0 spiro atoms. The molecule has 0 aliphatic carbocycles. The van der Waals surface area contributed by atoms with Crippen molar-refractivity contribution in [2.45, 2.75) is 70.1 Å². The van der Waals surface area contributed by atoms with Crippen LogP contribution in [-0.4, -0.2) is 43.9 Å². The van der Waals surface area contributed by atoms with Crippen LogP contribution >= 0.6 is 0 Å². The van der Waals surface area contributed by atoms with Gasteiger partial charge in [0.15, 0.2) is 0 Å². The Morgan fingerprint density at radius 3 is 2.80 bits per heavy atom. The summed E-state index contributed by atoms with van der Waals surface area (Å²) in [6, 6.07) is -0.254. The van der Waals surface area contributed by atoms with E-state index in [1.54, 1.807) is 7.11 Å². The second-order valence-electron chi connectivity index (χ2n) is 5.68. The molecule has 1 saturated heterocycles. The van der Waals surface area contributed by atoms with Crippen molar-refractivity contribution in [2.24, 2.45) is 5.73 Å². The third-order valence-corrected chi connectivity index (χ3v) is 4.33. The number of rotatable bonds is 8. The van der Waals surface area contributed by atoms with Crippen molar-refractivity contribution in [2.75, 3.05) is 20.3 Å². The van der Waals surface area contributed by atoms with Gasteiger partial charge in [-0.05, 0) is 38.5 Å². The average Bonchev–Trinajstić information content (AvgIpc) is 2.47. The molecule has 2 unspecified atom stereocenters. The second-order valence-corrected chi connectivity index (χ2v) is 5.68. The molecule has 1 amide bonds. The van der Waals surface area contributed by atoms with E-state index in [-0.39, 0.29) is 17.6 Å². The number of hydrogen-bond donors (Lipinski definition) is 2. The zero-order chi connectivity index (χ0) is 15.0. The number of ether oxygens (including phenoxy) is 2. The highest BCUT2D eigenvalue weighted by Crippen LogP contribution is 2.31. The summed E-state index contributed by atoms with van der Waals surface area (Å²) >= 11 is 0. The van der Waals surface area contributed by atoms with Crippen molar-refractivity contribution in [3.8, 4) is 0 Å². The van der Waals surface area contributed by atoms with Crippen molar-refractivity contribution in [3.63, 3.8) is 0 Å². The third-order valence-electron chi connectivity index (χ3n) is 4.33. The Kier molecular flexibility index (Phi) is 7.48. The minimum atomic E-state index is -0.439. The maximum Gasteiger partial charge on any atom is 0.237 e. The SMILES string of the molecule is CCC1(CC)CC(NC(=O)C(N)CCCOC)CCO1. The fourth-order valence-electron chi connectivity index (χ4n) is 2.78. The average molecular weight is 286 g/mol. The van der Waals surface area contributed by atoms with Gasteiger partial charge in [0, 0.05) is 26.4 Å². The summed E-state index contributed by atoms with van der Waals surface area (Å²) in [6.45, 7) is 5.65. The Morgan fingerprint density at radius 2 is 2.20 bits per heavy atom. The van der Waals surface area contributed by atoms with E-state index in [1.165, 1.54) is 0 Å². The van der Waals surface area contributed by atoms with Gasteiger partial charge < -0.3 is 20.5 Å². The number of carbonyl (C=O) groups is 1. The molecule has 1 aliphatic heterocycles. The summed E-state index contributed by atoms with van der Waals surface area (Å²) < 4.78 is 10.9. The maximum absolute atomic E-state index is 12.1. The van der Waals surface area contributed by atoms with Gasteiger partial charge in [0.05, 0.1) is 11.6 Å². The summed E-state index contributed by atoms with van der Waals surface area (Å²) in [7, 11) is 1.66. The van der Waals surface area contributed by atoms with Gasteiger partial charge in [-0.1, -0.05) is 13.8 Å². The first kappa shape index (κ1) is 17.4. The Balaban J connectivity index is 2.41. The van der Waals surface area contributed by atoms with Gasteiger partial charge >= 0.3 is 0 Å². The van der Waals surface area contributed by atoms with Crippen molar-refractivity contribution < 1.29 is 14.3 Å². The second kappa shape index (κ2) is 8.60. The quantitative estimate of drug-likeness (QED) is 0.665. The van der Waals surface area contributed by atoms with E-state index < -0.39 is 6.04 Å². The summed E-state index contributed by atoms with van der Waals surface area (Å²) in [6.07, 6.45) is 5.20. The minimum absolute atomic E-state index is 0.0471. The summed E-state index contributed by atoms with van der Waals surface area (Å²) in [5.41, 5.74) is 5.84. The molecule has 1 aliphatic rings. The lowest BCUT2D eigenvalue weighted by atomic mass is 9.86. The summed E-state index contributed by atoms with van der Waals surface area (Å²) in [5, 5.41) is 3.08. The Bertz CT molecular complexity index is 293. The molecule has 1 fully saturated rings. The van der Waals surface area contributed by atoms with Gasteiger partial charge in [0.2, 0.25) is 5.91 Å². The predicted molar refractivity (Wildman–Crippen MR) is 79.5 cm³/mol. The van der Waals surface area contributed by atoms with Crippen LogP contribution in [-0.2, 0) is 14.3 Å². The van der Waals surface area contributed by atoms with Crippen molar-refractivity contribution in [3.05, 3.63) is 0 Å². The monoisotopic (exact) mass is 286 g/mol. The number of hydrogen-bond acceptors (Lipinski definition) is 4. The molecule has 0 aromatic heterocycles. The molecule has 20 heavy (non-hydrogen) atoms. The first-order valence-corrected chi connectivity index (χ1v) is 7.75. The molecule has 5 nitrogen and oxygen atoms in total. The number of amides is 1. The Labute approximate surface area is 122 Å². The first-order chi connectivity index (χ1) is 9.56. The standard InChI is InChI=1S/C15H30N2O3/c1-4-15(5-2)11-12(8-10-20-15)17-14(18)13(16)7-6-9-19-3/h12-13H,4-11,16H2,1-3H3,(H,17,18). The van der Waals surface area contributed by atoms with Gasteiger partial charge in [-0.25, -0.2) is 0 Å². The highest BCUT2D eigenvalue weighted by Gasteiger charge is 2.35. The van der Waals surface area contributed by atoms with E-state index >= 15 is 0 Å². The Hall–Kier alpha value is -0.650. The van der Waals surface area contributed by atoms with Crippen molar-refractivity contribution >= 4 is 5.91 Å². The van der Waals surface area contributed by atoms with Gasteiger partial charge in [0.1, 0.15) is 0 Å². The molecule has 1 heterocycles. The van der Waals surface area contributed by atoms with Crippen LogP contribution in [0.15, 0.2) is 0 Å². The lowest BCUT2D eigenvalue weighted by Gasteiger charge is -2.40. The van der Waals surface area contributed by atoms with E-state index in [4.69, 9.17) is 15.2 Å². The lowest BCUT2D eigenvalue weighted by Crippen LogP contribution is -2.51. The minimum Gasteiger partial charge on any atom is -0.385 e. The van der Waals surface area contributed by atoms with Crippen LogP contribution in [0.1, 0.15) is 52.4 Å². The van der Waals surface area contributed by atoms with E-state index in [2.05, 4.69) is 19.2 Å². The molecule has 0 aromatic carbocycles. The Morgan fingerprint density at radius 1 is 1.50 bits per heavy atom. The first-order valence-electron chi connectivity index (χ1n) is 7.75. The summed E-state index contributed by atoms with van der Waals surface area (Å²) in [5.74, 6) is -0.0471. The fourth-order valence-corrected chi connectivity index (χ4v) is 2.78. The predicted octanol–water partition coefficient (Wildman–Crippen LogP) is 1.59. The van der Waals surface area contributed by atoms with Crippen LogP contribution in [0.2, 0.25) is 0 Å². The highest BCUT2D eigenvalue weighted by molar-refractivity contribution is 5.81. The molecule has 0 radical (unpaired) electrons. The van der Waals surface area contributed by atoms with Crippen LogP contribution in [0.3, 0.4) is 0 Å². The molecule has 3 N–H and O–H groups in total. The van der Waals surface area contributed by atoms with E-state index in [9.17, 15) is 4.79 Å². The fraction of sp³-hybridized carbons (Fsp3) is 0.933. The molecule has 1 rings (SSSR count). The zero-order valence-corrected chi connectivity index (χ0v) is 13.1. The molecule has 118 valence electrons. The number of nitrogens with one attached hydrogen (secondary N) is 1. The van der Waals surface area contributed by atoms with E-state index in [1.807, 2.05) is 0 Å². The largest absolute Gasteiger partial charge is 0.385 e. The third kappa shape index (κ3) is 5.04. The number of methoxy groups -OCH3 is 1. The van der Waals surface area contributed by atoms with E-state index in [0.717, 1.165) is 32.1 Å². The number of carbonyl (C=O) groups excluding carboxylic acids is 1. The molecule has 0 bridgehead atoms. The molecule has 2 atom stereocenters. The molecule has 0 saturated carbocycles. The number of nitrogens with two attached hydrogens (primary N) is 1. The molecular weight excluding hydrogens is 256 g/mol. The normalized spacial score (nSPS) is 23.3. The van der Waals surface area contributed by atoms with Gasteiger partial charge in [0.25, 0.3) is 0 Å². The van der Waals surface area contributed by atoms with Crippen LogP contribution in [0.5, 0.6) is 0 Å². The van der Waals surface area contributed by atoms with Crippen LogP contribution in [0, 0.1) is 0 Å². The summed E-state index contributed by atoms with van der Waals surface area (Å²) in [4.78, 5) is 12.1. The van der Waals surface area contributed by atoms with Crippen LogP contribution < -0.4 is 11.1 Å². The smallest absolute Gasteiger partial charge is 0.237 e. The van der Waals surface area contributed by atoms with Gasteiger partial charge in [-0.3, -0.25) is 4.79 Å².